The van der Waals surface area contributed by atoms with E-state index in [-0.39, 0.29) is 5.82 Å². The SMILES string of the molecule is Cc1n[nH]c(C)c1CNCc1cc(Br)ccc1F. The van der Waals surface area contributed by atoms with Crippen LogP contribution in [0.25, 0.3) is 0 Å². The number of H-pyrrole nitrogens is 1. The number of hydrogen-bond donors (Lipinski definition) is 2. The molecule has 96 valence electrons. The average Bonchev–Trinajstić information content (AvgIpc) is 2.65. The maximum Gasteiger partial charge on any atom is 0.127 e. The van der Waals surface area contributed by atoms with Crippen molar-refractivity contribution in [2.24, 2.45) is 0 Å². The molecule has 0 amide bonds. The number of nitrogens with zero attached hydrogens (tertiary/aromatic N) is 1. The largest absolute Gasteiger partial charge is 0.308 e. The molecule has 1 heterocycles. The molecule has 1 aromatic heterocycles. The number of nitrogens with one attached hydrogen (secondary N) is 2. The van der Waals surface area contributed by atoms with E-state index in [2.05, 4.69) is 31.4 Å². The third kappa shape index (κ3) is 2.97. The van der Waals surface area contributed by atoms with Gasteiger partial charge in [0, 0.05) is 34.4 Å². The summed E-state index contributed by atoms with van der Waals surface area (Å²) in [6, 6.07) is 4.95. The first-order valence-corrected chi connectivity index (χ1v) is 6.52. The van der Waals surface area contributed by atoms with E-state index >= 15 is 0 Å². The summed E-state index contributed by atoms with van der Waals surface area (Å²) in [5, 5.41) is 10.3. The molecule has 0 atom stereocenters. The third-order valence-corrected chi connectivity index (χ3v) is 3.40. The maximum atomic E-state index is 13.5. The van der Waals surface area contributed by atoms with Crippen LogP contribution >= 0.6 is 15.9 Å². The Hall–Kier alpha value is -1.20. The number of rotatable bonds is 4. The summed E-state index contributed by atoms with van der Waals surface area (Å²) < 4.78 is 14.4. The van der Waals surface area contributed by atoms with Gasteiger partial charge in [-0.2, -0.15) is 5.10 Å². The average molecular weight is 312 g/mol. The number of benzene rings is 1. The molecule has 5 heteroatoms. The van der Waals surface area contributed by atoms with Crippen molar-refractivity contribution < 1.29 is 4.39 Å². The fraction of sp³-hybridized carbons (Fsp3) is 0.308. The Morgan fingerprint density at radius 2 is 2.11 bits per heavy atom. The molecule has 0 aliphatic heterocycles. The van der Waals surface area contributed by atoms with Crippen LogP contribution in [0.2, 0.25) is 0 Å². The van der Waals surface area contributed by atoms with Gasteiger partial charge in [0.2, 0.25) is 0 Å². The number of aryl methyl sites for hydroxylation is 2. The Kier molecular flexibility index (Phi) is 4.14. The Morgan fingerprint density at radius 3 is 2.78 bits per heavy atom. The lowest BCUT2D eigenvalue weighted by Gasteiger charge is -2.07. The smallest absolute Gasteiger partial charge is 0.127 e. The first-order valence-electron chi connectivity index (χ1n) is 5.73. The summed E-state index contributed by atoms with van der Waals surface area (Å²) in [4.78, 5) is 0. The number of hydrogen-bond acceptors (Lipinski definition) is 2. The maximum absolute atomic E-state index is 13.5. The zero-order valence-corrected chi connectivity index (χ0v) is 11.9. The summed E-state index contributed by atoms with van der Waals surface area (Å²) in [6.07, 6.45) is 0. The second kappa shape index (κ2) is 5.63. The van der Waals surface area contributed by atoms with E-state index in [4.69, 9.17) is 0 Å². The summed E-state index contributed by atoms with van der Waals surface area (Å²) in [7, 11) is 0. The molecule has 2 rings (SSSR count). The van der Waals surface area contributed by atoms with Crippen molar-refractivity contribution in [3.8, 4) is 0 Å². The van der Waals surface area contributed by atoms with E-state index in [0.717, 1.165) is 21.4 Å². The highest BCUT2D eigenvalue weighted by Crippen LogP contribution is 2.16. The van der Waals surface area contributed by atoms with Gasteiger partial charge in [-0.1, -0.05) is 15.9 Å². The van der Waals surface area contributed by atoms with E-state index < -0.39 is 0 Å². The molecule has 2 N–H and O–H groups in total. The van der Waals surface area contributed by atoms with E-state index in [1.807, 2.05) is 13.8 Å². The van der Waals surface area contributed by atoms with Gasteiger partial charge in [0.1, 0.15) is 5.82 Å². The van der Waals surface area contributed by atoms with Gasteiger partial charge in [-0.15, -0.1) is 0 Å². The molecule has 0 radical (unpaired) electrons. The lowest BCUT2D eigenvalue weighted by molar-refractivity contribution is 0.587. The van der Waals surface area contributed by atoms with Gasteiger partial charge in [-0.05, 0) is 32.0 Å². The first-order chi connectivity index (χ1) is 8.58. The topological polar surface area (TPSA) is 40.7 Å². The normalized spacial score (nSPS) is 10.9. The van der Waals surface area contributed by atoms with Gasteiger partial charge in [-0.3, -0.25) is 5.10 Å². The first kappa shape index (κ1) is 13.2. The predicted molar refractivity (Wildman–Crippen MR) is 72.7 cm³/mol. The molecule has 0 unspecified atom stereocenters. The molecule has 0 aliphatic carbocycles. The fourth-order valence-electron chi connectivity index (χ4n) is 1.84. The van der Waals surface area contributed by atoms with Gasteiger partial charge in [-0.25, -0.2) is 4.39 Å². The second-order valence-corrected chi connectivity index (χ2v) is 5.17. The van der Waals surface area contributed by atoms with Crippen molar-refractivity contribution in [3.63, 3.8) is 0 Å². The fourth-order valence-corrected chi connectivity index (χ4v) is 2.24. The van der Waals surface area contributed by atoms with Crippen molar-refractivity contribution in [2.75, 3.05) is 0 Å². The monoisotopic (exact) mass is 311 g/mol. The quantitative estimate of drug-likeness (QED) is 0.910. The molecule has 2 aromatic rings. The van der Waals surface area contributed by atoms with E-state index in [1.54, 1.807) is 12.1 Å². The minimum atomic E-state index is -0.189. The molecule has 1 aromatic carbocycles. The van der Waals surface area contributed by atoms with Crippen LogP contribution in [-0.4, -0.2) is 10.2 Å². The zero-order valence-electron chi connectivity index (χ0n) is 10.3. The number of aromatic nitrogens is 2. The van der Waals surface area contributed by atoms with Crippen LogP contribution in [0, 0.1) is 19.7 Å². The highest BCUT2D eigenvalue weighted by molar-refractivity contribution is 9.10. The Balaban J connectivity index is 1.98. The third-order valence-electron chi connectivity index (χ3n) is 2.91. The Morgan fingerprint density at radius 1 is 1.33 bits per heavy atom. The standard InChI is InChI=1S/C13H15BrFN3/c1-8-12(9(2)18-17-8)7-16-6-10-5-11(14)3-4-13(10)15/h3-5,16H,6-7H2,1-2H3,(H,17,18). The van der Waals surface area contributed by atoms with Crippen LogP contribution in [0.4, 0.5) is 4.39 Å². The summed E-state index contributed by atoms with van der Waals surface area (Å²) in [5.41, 5.74) is 3.83. The molecule has 0 fully saturated rings. The van der Waals surface area contributed by atoms with Crippen molar-refractivity contribution in [3.05, 3.63) is 51.0 Å². The van der Waals surface area contributed by atoms with E-state index in [1.165, 1.54) is 6.07 Å². The summed E-state index contributed by atoms with van der Waals surface area (Å²) in [5.74, 6) is -0.189. The molecule has 3 nitrogen and oxygen atoms in total. The Bertz CT molecular complexity index is 532. The van der Waals surface area contributed by atoms with Crippen LogP contribution in [-0.2, 0) is 13.1 Å². The van der Waals surface area contributed by atoms with Crippen LogP contribution in [0.1, 0.15) is 22.5 Å². The lowest BCUT2D eigenvalue weighted by atomic mass is 10.2. The van der Waals surface area contributed by atoms with Gasteiger partial charge < -0.3 is 5.32 Å². The van der Waals surface area contributed by atoms with Gasteiger partial charge >= 0.3 is 0 Å². The highest BCUT2D eigenvalue weighted by Gasteiger charge is 2.07. The van der Waals surface area contributed by atoms with Crippen LogP contribution in [0.5, 0.6) is 0 Å². The van der Waals surface area contributed by atoms with E-state index in [0.29, 0.717) is 18.7 Å². The molecule has 0 saturated carbocycles. The molecule has 0 saturated heterocycles. The molecular formula is C13H15BrFN3. The molecule has 0 bridgehead atoms. The minimum Gasteiger partial charge on any atom is -0.308 e. The van der Waals surface area contributed by atoms with Crippen molar-refractivity contribution >= 4 is 15.9 Å². The van der Waals surface area contributed by atoms with Crippen LogP contribution < -0.4 is 5.32 Å². The number of halogens is 2. The minimum absolute atomic E-state index is 0.189. The van der Waals surface area contributed by atoms with E-state index in [9.17, 15) is 4.39 Å². The Labute approximate surface area is 114 Å². The summed E-state index contributed by atoms with van der Waals surface area (Å²) >= 11 is 3.34. The zero-order chi connectivity index (χ0) is 13.1. The molecular weight excluding hydrogens is 297 g/mol. The predicted octanol–water partition coefficient (Wildman–Crippen LogP) is 3.22. The van der Waals surface area contributed by atoms with Crippen LogP contribution in [0.3, 0.4) is 0 Å². The van der Waals surface area contributed by atoms with Crippen molar-refractivity contribution in [1.29, 1.82) is 0 Å². The highest BCUT2D eigenvalue weighted by atomic mass is 79.9. The molecule has 18 heavy (non-hydrogen) atoms. The van der Waals surface area contributed by atoms with Crippen molar-refractivity contribution in [2.45, 2.75) is 26.9 Å². The number of aromatic amines is 1. The molecule has 0 spiro atoms. The van der Waals surface area contributed by atoms with Gasteiger partial charge in [0.05, 0.1) is 5.69 Å². The van der Waals surface area contributed by atoms with Crippen LogP contribution in [0.15, 0.2) is 22.7 Å². The second-order valence-electron chi connectivity index (χ2n) is 4.25. The van der Waals surface area contributed by atoms with Gasteiger partial charge in [0.25, 0.3) is 0 Å². The van der Waals surface area contributed by atoms with Crippen molar-refractivity contribution in [1.82, 2.24) is 15.5 Å². The lowest BCUT2D eigenvalue weighted by Crippen LogP contribution is -2.14. The summed E-state index contributed by atoms with van der Waals surface area (Å²) in [6.45, 7) is 5.12. The molecule has 0 aliphatic rings. The van der Waals surface area contributed by atoms with Gasteiger partial charge in [0.15, 0.2) is 0 Å².